The van der Waals surface area contributed by atoms with Crippen LogP contribution in [-0.4, -0.2) is 10.9 Å². The van der Waals surface area contributed by atoms with E-state index < -0.39 is 29.1 Å². The van der Waals surface area contributed by atoms with Crippen molar-refractivity contribution < 1.29 is 18.7 Å². The zero-order chi connectivity index (χ0) is 10.9. The van der Waals surface area contributed by atoms with Crippen molar-refractivity contribution in [2.24, 2.45) is 0 Å². The molecule has 1 N–H and O–H groups in total. The summed E-state index contributed by atoms with van der Waals surface area (Å²) in [5.74, 6) is -1.22. The molecule has 0 saturated carbocycles. The van der Waals surface area contributed by atoms with Gasteiger partial charge in [-0.05, 0) is 13.0 Å². The zero-order valence-electron chi connectivity index (χ0n) is 7.22. The second-order valence-corrected chi connectivity index (χ2v) is 3.12. The van der Waals surface area contributed by atoms with Crippen molar-refractivity contribution >= 4 is 17.4 Å². The van der Waals surface area contributed by atoms with Gasteiger partial charge in [0.05, 0.1) is 10.6 Å². The van der Waals surface area contributed by atoms with Crippen LogP contribution < -0.4 is 0 Å². The van der Waals surface area contributed by atoms with E-state index in [9.17, 15) is 18.7 Å². The van der Waals surface area contributed by atoms with E-state index in [-0.39, 0.29) is 5.02 Å². The van der Waals surface area contributed by atoms with Crippen LogP contribution in [0.25, 0.3) is 0 Å². The van der Waals surface area contributed by atoms with Crippen molar-refractivity contribution in [3.8, 4) is 5.75 Å². The Labute approximate surface area is 84.1 Å². The Morgan fingerprint density at radius 2 is 2.07 bits per heavy atom. The summed E-state index contributed by atoms with van der Waals surface area (Å²) in [7, 11) is 0. The zero-order valence-corrected chi connectivity index (χ0v) is 7.98. The lowest BCUT2D eigenvalue weighted by Gasteiger charge is -2.08. The van der Waals surface area contributed by atoms with Gasteiger partial charge in [0.15, 0.2) is 5.78 Å². The maximum Gasteiger partial charge on any atom is 0.264 e. The van der Waals surface area contributed by atoms with Crippen LogP contribution in [0.4, 0.5) is 8.78 Å². The van der Waals surface area contributed by atoms with Crippen molar-refractivity contribution in [1.82, 2.24) is 0 Å². The average Bonchev–Trinajstić information content (AvgIpc) is 2.08. The average molecular weight is 221 g/mol. The molecule has 0 aliphatic carbocycles. The minimum atomic E-state index is -2.81. The molecule has 0 spiro atoms. The van der Waals surface area contributed by atoms with Gasteiger partial charge in [0.25, 0.3) is 6.43 Å². The van der Waals surface area contributed by atoms with E-state index >= 15 is 0 Å². The summed E-state index contributed by atoms with van der Waals surface area (Å²) in [6, 6.07) is 2.16. The van der Waals surface area contributed by atoms with Crippen molar-refractivity contribution in [2.45, 2.75) is 13.3 Å². The molecule has 0 radical (unpaired) electrons. The first kappa shape index (κ1) is 10.9. The quantitative estimate of drug-likeness (QED) is 0.778. The minimum Gasteiger partial charge on any atom is -0.506 e. The first-order valence-electron chi connectivity index (χ1n) is 3.75. The second-order valence-electron chi connectivity index (χ2n) is 2.72. The number of rotatable bonds is 2. The van der Waals surface area contributed by atoms with Gasteiger partial charge in [-0.1, -0.05) is 17.7 Å². The maximum absolute atomic E-state index is 12.4. The SMILES string of the molecule is CC(=O)c1c(C(F)F)ccc(Cl)c1O. The molecule has 1 aromatic rings. The molecule has 5 heteroatoms. The summed E-state index contributed by atoms with van der Waals surface area (Å²) >= 11 is 5.49. The highest BCUT2D eigenvalue weighted by Crippen LogP contribution is 2.34. The van der Waals surface area contributed by atoms with Crippen molar-refractivity contribution in [3.63, 3.8) is 0 Å². The number of carbonyl (C=O) groups excluding carboxylic acids is 1. The smallest absolute Gasteiger partial charge is 0.264 e. The molecule has 0 bridgehead atoms. The third-order valence-electron chi connectivity index (χ3n) is 1.75. The van der Waals surface area contributed by atoms with Gasteiger partial charge in [-0.2, -0.15) is 0 Å². The highest BCUT2D eigenvalue weighted by Gasteiger charge is 2.21. The first-order chi connectivity index (χ1) is 6.45. The number of phenolic OH excluding ortho intramolecular Hbond substituents is 1. The lowest BCUT2D eigenvalue weighted by Crippen LogP contribution is -2.00. The van der Waals surface area contributed by atoms with E-state index in [0.29, 0.717) is 0 Å². The lowest BCUT2D eigenvalue weighted by atomic mass is 10.0. The summed E-state index contributed by atoms with van der Waals surface area (Å²) in [5, 5.41) is 9.20. The Kier molecular flexibility index (Phi) is 3.06. The number of benzene rings is 1. The minimum absolute atomic E-state index is 0.111. The summed E-state index contributed by atoms with van der Waals surface area (Å²) in [6.07, 6.45) is -2.81. The Bertz CT molecular complexity index is 377. The van der Waals surface area contributed by atoms with Crippen LogP contribution in [0.1, 0.15) is 29.3 Å². The Hall–Kier alpha value is -1.16. The number of aromatic hydroxyl groups is 1. The van der Waals surface area contributed by atoms with Crippen molar-refractivity contribution in [2.75, 3.05) is 0 Å². The predicted octanol–water partition coefficient (Wildman–Crippen LogP) is 3.19. The fraction of sp³-hybridized carbons (Fsp3) is 0.222. The topological polar surface area (TPSA) is 37.3 Å². The molecule has 0 saturated heterocycles. The molecular formula is C9H7ClF2O2. The molecule has 0 aromatic heterocycles. The molecule has 14 heavy (non-hydrogen) atoms. The Balaban J connectivity index is 3.45. The van der Waals surface area contributed by atoms with Gasteiger partial charge in [-0.15, -0.1) is 0 Å². The van der Waals surface area contributed by atoms with E-state index in [0.717, 1.165) is 19.1 Å². The van der Waals surface area contributed by atoms with E-state index in [1.54, 1.807) is 0 Å². The number of carbonyl (C=O) groups is 1. The number of phenols is 1. The standard InChI is InChI=1S/C9H7ClF2O2/c1-4(13)7-5(9(11)12)2-3-6(10)8(7)14/h2-3,9,14H,1H3. The monoisotopic (exact) mass is 220 g/mol. The normalized spacial score (nSPS) is 10.6. The molecule has 0 fully saturated rings. The number of halogens is 3. The van der Waals surface area contributed by atoms with Crippen LogP contribution in [0.2, 0.25) is 5.02 Å². The van der Waals surface area contributed by atoms with Crippen LogP contribution in [0.5, 0.6) is 5.75 Å². The summed E-state index contributed by atoms with van der Waals surface area (Å²) < 4.78 is 24.8. The molecule has 0 heterocycles. The van der Waals surface area contributed by atoms with Gasteiger partial charge >= 0.3 is 0 Å². The lowest BCUT2D eigenvalue weighted by molar-refractivity contribution is 0.0995. The molecule has 76 valence electrons. The van der Waals surface area contributed by atoms with Gasteiger partial charge in [0.1, 0.15) is 5.75 Å². The summed E-state index contributed by atoms with van der Waals surface area (Å²) in [6.45, 7) is 1.09. The largest absolute Gasteiger partial charge is 0.506 e. The first-order valence-corrected chi connectivity index (χ1v) is 4.13. The summed E-state index contributed by atoms with van der Waals surface area (Å²) in [5.41, 5.74) is -0.910. The van der Waals surface area contributed by atoms with Crippen LogP contribution in [0, 0.1) is 0 Å². The molecule has 0 atom stereocenters. The number of hydrogen-bond donors (Lipinski definition) is 1. The van der Waals surface area contributed by atoms with Crippen LogP contribution in [0.15, 0.2) is 12.1 Å². The van der Waals surface area contributed by atoms with E-state index in [2.05, 4.69) is 0 Å². The fourth-order valence-electron chi connectivity index (χ4n) is 1.13. The van der Waals surface area contributed by atoms with Gasteiger partial charge in [0.2, 0.25) is 0 Å². The molecule has 1 aromatic carbocycles. The van der Waals surface area contributed by atoms with Crippen molar-refractivity contribution in [3.05, 3.63) is 28.3 Å². The Morgan fingerprint density at radius 3 is 2.50 bits per heavy atom. The molecular weight excluding hydrogens is 214 g/mol. The van der Waals surface area contributed by atoms with Gasteiger partial charge in [-0.25, -0.2) is 8.78 Å². The van der Waals surface area contributed by atoms with Gasteiger partial charge in [-0.3, -0.25) is 4.79 Å². The van der Waals surface area contributed by atoms with E-state index in [1.807, 2.05) is 0 Å². The summed E-state index contributed by atoms with van der Waals surface area (Å²) in [4.78, 5) is 11.0. The van der Waals surface area contributed by atoms with Crippen LogP contribution in [-0.2, 0) is 0 Å². The van der Waals surface area contributed by atoms with Gasteiger partial charge < -0.3 is 5.11 Å². The van der Waals surface area contributed by atoms with E-state index in [4.69, 9.17) is 11.6 Å². The Morgan fingerprint density at radius 1 is 1.50 bits per heavy atom. The molecule has 0 aliphatic heterocycles. The molecule has 0 amide bonds. The van der Waals surface area contributed by atoms with Crippen LogP contribution >= 0.6 is 11.6 Å². The number of hydrogen-bond acceptors (Lipinski definition) is 2. The highest BCUT2D eigenvalue weighted by atomic mass is 35.5. The second kappa shape index (κ2) is 3.92. The third kappa shape index (κ3) is 1.85. The molecule has 2 nitrogen and oxygen atoms in total. The van der Waals surface area contributed by atoms with Gasteiger partial charge in [0, 0.05) is 5.56 Å². The number of alkyl halides is 2. The van der Waals surface area contributed by atoms with Crippen LogP contribution in [0.3, 0.4) is 0 Å². The van der Waals surface area contributed by atoms with Crippen molar-refractivity contribution in [1.29, 1.82) is 0 Å². The molecule has 0 unspecified atom stereocenters. The molecule has 1 rings (SSSR count). The highest BCUT2D eigenvalue weighted by molar-refractivity contribution is 6.32. The maximum atomic E-state index is 12.4. The predicted molar refractivity (Wildman–Crippen MR) is 48.1 cm³/mol. The van der Waals surface area contributed by atoms with E-state index in [1.165, 1.54) is 0 Å². The number of ketones is 1. The molecule has 0 aliphatic rings. The third-order valence-corrected chi connectivity index (χ3v) is 2.05. The fourth-order valence-corrected chi connectivity index (χ4v) is 1.29. The number of Topliss-reactive ketones (excluding diaryl/α,β-unsaturated/α-hetero) is 1.